The molecule has 32 heavy (non-hydrogen) atoms. The maximum atomic E-state index is 11.7. The zero-order chi connectivity index (χ0) is 24.5. The first-order chi connectivity index (χ1) is 15.0. The van der Waals surface area contributed by atoms with Gasteiger partial charge >= 0.3 is 23.9 Å². The van der Waals surface area contributed by atoms with Gasteiger partial charge in [-0.3, -0.25) is 19.2 Å². The number of aliphatic carboxylic acids is 4. The summed E-state index contributed by atoms with van der Waals surface area (Å²) < 4.78 is 0. The largest absolute Gasteiger partial charge is 0.481 e. The number of hydrogen-bond acceptors (Lipinski definition) is 6. The summed E-state index contributed by atoms with van der Waals surface area (Å²) in [7, 11) is 0. The number of hydrogen-bond donors (Lipinski definition) is 6. The average Bonchev–Trinajstić information content (AvgIpc) is 2.67. The second-order valence-electron chi connectivity index (χ2n) is 7.44. The Morgan fingerprint density at radius 2 is 0.781 bits per heavy atom. The van der Waals surface area contributed by atoms with Crippen LogP contribution in [-0.2, 0) is 28.8 Å². The van der Waals surface area contributed by atoms with E-state index in [2.05, 4.69) is 10.6 Å². The SMILES string of the molecule is O=C(O)C[C@H](NC(=O)CCCCCCCCCCC(=O)N[C@@H](CC(=O)O)C(=O)O)C(=O)O. The van der Waals surface area contributed by atoms with Gasteiger partial charge in [-0.2, -0.15) is 0 Å². The van der Waals surface area contributed by atoms with Crippen LogP contribution in [0.5, 0.6) is 0 Å². The van der Waals surface area contributed by atoms with Crippen molar-refractivity contribution in [1.82, 2.24) is 10.6 Å². The summed E-state index contributed by atoms with van der Waals surface area (Å²) in [5.74, 6) is -6.38. The first kappa shape index (κ1) is 28.8. The van der Waals surface area contributed by atoms with Crippen molar-refractivity contribution in [2.24, 2.45) is 0 Å². The molecule has 12 heteroatoms. The highest BCUT2D eigenvalue weighted by Crippen LogP contribution is 2.11. The smallest absolute Gasteiger partial charge is 0.326 e. The molecule has 0 aromatic heterocycles. The van der Waals surface area contributed by atoms with Crippen molar-refractivity contribution < 1.29 is 49.2 Å². The summed E-state index contributed by atoms with van der Waals surface area (Å²) in [6, 6.07) is -2.87. The molecule has 0 radical (unpaired) electrons. The fraction of sp³-hybridized carbons (Fsp3) is 0.700. The molecule has 0 aliphatic heterocycles. The third-order valence-electron chi connectivity index (χ3n) is 4.58. The molecule has 0 aliphatic carbocycles. The number of carboxylic acid groups (broad SMARTS) is 4. The van der Waals surface area contributed by atoms with Crippen LogP contribution in [0.15, 0.2) is 0 Å². The van der Waals surface area contributed by atoms with Gasteiger partial charge in [0.05, 0.1) is 12.8 Å². The molecular formula is C20H32N2O10. The topological polar surface area (TPSA) is 207 Å². The molecule has 0 bridgehead atoms. The van der Waals surface area contributed by atoms with E-state index in [4.69, 9.17) is 20.4 Å². The van der Waals surface area contributed by atoms with Crippen molar-refractivity contribution in [2.75, 3.05) is 0 Å². The van der Waals surface area contributed by atoms with Crippen LogP contribution >= 0.6 is 0 Å². The van der Waals surface area contributed by atoms with Gasteiger partial charge in [0.2, 0.25) is 11.8 Å². The minimum atomic E-state index is -1.44. The number of amides is 2. The van der Waals surface area contributed by atoms with E-state index in [0.717, 1.165) is 38.5 Å². The first-order valence-corrected chi connectivity index (χ1v) is 10.5. The molecule has 0 fully saturated rings. The van der Waals surface area contributed by atoms with Gasteiger partial charge in [0.25, 0.3) is 0 Å². The maximum Gasteiger partial charge on any atom is 0.326 e. The molecular weight excluding hydrogens is 428 g/mol. The molecule has 2 atom stereocenters. The molecule has 0 saturated carbocycles. The number of carboxylic acids is 4. The van der Waals surface area contributed by atoms with Crippen LogP contribution in [-0.4, -0.2) is 68.2 Å². The molecule has 182 valence electrons. The van der Waals surface area contributed by atoms with Gasteiger partial charge < -0.3 is 31.1 Å². The summed E-state index contributed by atoms with van der Waals surface area (Å²) in [6.07, 6.45) is 5.15. The lowest BCUT2D eigenvalue weighted by Crippen LogP contribution is -2.42. The van der Waals surface area contributed by atoms with Gasteiger partial charge in [-0.25, -0.2) is 9.59 Å². The van der Waals surface area contributed by atoms with Crippen LogP contribution in [0.4, 0.5) is 0 Å². The number of rotatable bonds is 19. The van der Waals surface area contributed by atoms with E-state index in [1.165, 1.54) is 0 Å². The fourth-order valence-electron chi connectivity index (χ4n) is 2.91. The monoisotopic (exact) mass is 460 g/mol. The third-order valence-corrected chi connectivity index (χ3v) is 4.58. The zero-order valence-electron chi connectivity index (χ0n) is 17.9. The van der Waals surface area contributed by atoms with Crippen molar-refractivity contribution in [3.63, 3.8) is 0 Å². The van der Waals surface area contributed by atoms with Gasteiger partial charge in [0.15, 0.2) is 0 Å². The summed E-state index contributed by atoms with van der Waals surface area (Å²) in [4.78, 5) is 66.4. The quantitative estimate of drug-likeness (QED) is 0.150. The Balaban J connectivity index is 3.76. The number of nitrogens with one attached hydrogen (secondary N) is 2. The van der Waals surface area contributed by atoms with E-state index in [1.807, 2.05) is 0 Å². The van der Waals surface area contributed by atoms with E-state index in [-0.39, 0.29) is 12.8 Å². The Morgan fingerprint density at radius 1 is 0.500 bits per heavy atom. The van der Waals surface area contributed by atoms with Gasteiger partial charge in [-0.05, 0) is 12.8 Å². The van der Waals surface area contributed by atoms with E-state index < -0.39 is 60.6 Å². The highest BCUT2D eigenvalue weighted by molar-refractivity contribution is 5.87. The Morgan fingerprint density at radius 3 is 1.03 bits per heavy atom. The van der Waals surface area contributed by atoms with E-state index in [0.29, 0.717) is 12.8 Å². The summed E-state index contributed by atoms with van der Waals surface area (Å²) in [6.45, 7) is 0. The third kappa shape index (κ3) is 15.6. The second kappa shape index (κ2) is 16.5. The predicted octanol–water partition coefficient (Wildman–Crippen LogP) is 0.976. The molecule has 0 unspecified atom stereocenters. The Kier molecular flexibility index (Phi) is 14.9. The van der Waals surface area contributed by atoms with Crippen LogP contribution in [0.3, 0.4) is 0 Å². The normalized spacial score (nSPS) is 12.4. The minimum absolute atomic E-state index is 0.123. The molecule has 0 aromatic carbocycles. The van der Waals surface area contributed by atoms with E-state index >= 15 is 0 Å². The van der Waals surface area contributed by atoms with Crippen molar-refractivity contribution in [3.8, 4) is 0 Å². The summed E-state index contributed by atoms with van der Waals surface area (Å²) in [5.41, 5.74) is 0. The maximum absolute atomic E-state index is 11.7. The second-order valence-corrected chi connectivity index (χ2v) is 7.44. The molecule has 6 N–H and O–H groups in total. The number of unbranched alkanes of at least 4 members (excludes halogenated alkanes) is 7. The van der Waals surface area contributed by atoms with Gasteiger partial charge in [-0.1, -0.05) is 38.5 Å². The standard InChI is InChI=1S/C20H32N2O10/c23-15(21-13(19(29)30)11-17(25)26)9-7-5-3-1-2-4-6-8-10-16(24)22-14(20(31)32)12-18(27)28/h13-14H,1-12H2,(H,21,23)(H,22,24)(H,25,26)(H,27,28)(H,29,30)(H,31,32)/t13-,14-/m0/s1. The highest BCUT2D eigenvalue weighted by Gasteiger charge is 2.23. The van der Waals surface area contributed by atoms with Crippen molar-refractivity contribution >= 4 is 35.7 Å². The van der Waals surface area contributed by atoms with Crippen molar-refractivity contribution in [1.29, 1.82) is 0 Å². The number of carbonyl (C=O) groups excluding carboxylic acids is 2. The van der Waals surface area contributed by atoms with Crippen molar-refractivity contribution in [2.45, 2.75) is 89.1 Å². The molecule has 0 aromatic rings. The van der Waals surface area contributed by atoms with Gasteiger partial charge in [0, 0.05) is 12.8 Å². The molecule has 12 nitrogen and oxygen atoms in total. The lowest BCUT2D eigenvalue weighted by atomic mass is 10.1. The van der Waals surface area contributed by atoms with Crippen LogP contribution in [0.25, 0.3) is 0 Å². The molecule has 0 rings (SSSR count). The Labute approximate surface area is 185 Å². The van der Waals surface area contributed by atoms with Gasteiger partial charge in [0.1, 0.15) is 12.1 Å². The minimum Gasteiger partial charge on any atom is -0.481 e. The van der Waals surface area contributed by atoms with Crippen LogP contribution in [0.1, 0.15) is 77.0 Å². The molecule has 0 heterocycles. The molecule has 2 amide bonds. The summed E-state index contributed by atoms with van der Waals surface area (Å²) in [5, 5.41) is 39.4. The van der Waals surface area contributed by atoms with Crippen molar-refractivity contribution in [3.05, 3.63) is 0 Å². The predicted molar refractivity (Wildman–Crippen MR) is 110 cm³/mol. The van der Waals surface area contributed by atoms with E-state index in [9.17, 15) is 28.8 Å². The van der Waals surface area contributed by atoms with Crippen LogP contribution < -0.4 is 10.6 Å². The molecule has 0 saturated heterocycles. The molecule has 0 aliphatic rings. The Bertz CT molecular complexity index is 609. The van der Waals surface area contributed by atoms with Crippen LogP contribution in [0.2, 0.25) is 0 Å². The number of carbonyl (C=O) groups is 6. The van der Waals surface area contributed by atoms with E-state index in [1.54, 1.807) is 0 Å². The summed E-state index contributed by atoms with van der Waals surface area (Å²) >= 11 is 0. The highest BCUT2D eigenvalue weighted by atomic mass is 16.4. The average molecular weight is 460 g/mol. The fourth-order valence-corrected chi connectivity index (χ4v) is 2.91. The Hall–Kier alpha value is -3.18. The van der Waals surface area contributed by atoms with Crippen LogP contribution in [0, 0.1) is 0 Å². The first-order valence-electron chi connectivity index (χ1n) is 10.5. The zero-order valence-corrected chi connectivity index (χ0v) is 17.9. The van der Waals surface area contributed by atoms with Gasteiger partial charge in [-0.15, -0.1) is 0 Å². The lowest BCUT2D eigenvalue weighted by molar-refractivity contribution is -0.147. The molecule has 0 spiro atoms. The lowest BCUT2D eigenvalue weighted by Gasteiger charge is -2.12.